The van der Waals surface area contributed by atoms with Crippen molar-refractivity contribution in [3.8, 4) is 0 Å². The predicted molar refractivity (Wildman–Crippen MR) is 99.1 cm³/mol. The monoisotopic (exact) mass is 323 g/mol. The maximum Gasteiger partial charge on any atom is 0.221 e. The van der Waals surface area contributed by atoms with Gasteiger partial charge in [-0.25, -0.2) is 0 Å². The van der Waals surface area contributed by atoms with E-state index >= 15 is 0 Å². The van der Waals surface area contributed by atoms with Gasteiger partial charge in [-0.2, -0.15) is 0 Å². The van der Waals surface area contributed by atoms with Gasteiger partial charge in [0, 0.05) is 44.0 Å². The summed E-state index contributed by atoms with van der Waals surface area (Å²) in [5.41, 5.74) is 3.31. The molecular formula is C20H25N3O. The van der Waals surface area contributed by atoms with E-state index in [0.29, 0.717) is 6.04 Å². The van der Waals surface area contributed by atoms with E-state index in [4.69, 9.17) is 0 Å². The minimum absolute atomic E-state index is 0.0202. The number of hydrogen-bond donors (Lipinski definition) is 2. The number of nitrogens with zero attached hydrogens (tertiary/aromatic N) is 1. The molecule has 2 N–H and O–H groups in total. The van der Waals surface area contributed by atoms with Gasteiger partial charge in [0.2, 0.25) is 5.91 Å². The lowest BCUT2D eigenvalue weighted by Gasteiger charge is -2.33. The first kappa shape index (κ1) is 16.5. The Kier molecular flexibility index (Phi) is 5.49. The van der Waals surface area contributed by atoms with Gasteiger partial charge in [0.1, 0.15) is 0 Å². The summed E-state index contributed by atoms with van der Waals surface area (Å²) >= 11 is 0. The summed E-state index contributed by atoms with van der Waals surface area (Å²) in [7, 11) is 0. The predicted octanol–water partition coefficient (Wildman–Crippen LogP) is 3.72. The number of amides is 1. The normalized spacial score (nSPS) is 15.9. The molecule has 0 atom stereocenters. The molecule has 0 bridgehead atoms. The zero-order chi connectivity index (χ0) is 16.8. The first-order chi connectivity index (χ1) is 11.7. The van der Waals surface area contributed by atoms with Crippen LogP contribution in [0, 0.1) is 0 Å². The standard InChI is InChI=1S/C20H25N3O/c1-16(24)21-20-10-6-5-7-17(20)15-23-13-11-19(12-14-23)22-18-8-3-2-4-9-18/h2-10,19,22H,11-15H2,1H3,(H,21,24). The van der Waals surface area contributed by atoms with Crippen LogP contribution in [0.4, 0.5) is 11.4 Å². The van der Waals surface area contributed by atoms with Crippen molar-refractivity contribution in [2.24, 2.45) is 0 Å². The molecule has 1 fully saturated rings. The van der Waals surface area contributed by atoms with E-state index in [9.17, 15) is 4.79 Å². The highest BCUT2D eigenvalue weighted by Crippen LogP contribution is 2.21. The van der Waals surface area contributed by atoms with Crippen molar-refractivity contribution in [1.29, 1.82) is 0 Å². The Morgan fingerprint density at radius 3 is 2.42 bits per heavy atom. The molecule has 4 heteroatoms. The molecule has 1 aliphatic heterocycles. The van der Waals surface area contributed by atoms with Crippen LogP contribution in [0.5, 0.6) is 0 Å². The second kappa shape index (κ2) is 7.97. The fraction of sp³-hybridized carbons (Fsp3) is 0.350. The molecule has 0 unspecified atom stereocenters. The van der Waals surface area contributed by atoms with Crippen molar-refractivity contribution < 1.29 is 4.79 Å². The Bertz CT molecular complexity index is 664. The van der Waals surface area contributed by atoms with Crippen LogP contribution >= 0.6 is 0 Å². The summed E-state index contributed by atoms with van der Waals surface area (Å²) in [6.07, 6.45) is 2.27. The number of rotatable bonds is 5. The molecule has 1 aliphatic rings. The zero-order valence-corrected chi connectivity index (χ0v) is 14.2. The Labute approximate surface area is 143 Å². The molecule has 4 nitrogen and oxygen atoms in total. The van der Waals surface area contributed by atoms with Crippen molar-refractivity contribution in [3.05, 3.63) is 60.2 Å². The van der Waals surface area contributed by atoms with Crippen LogP contribution in [0.2, 0.25) is 0 Å². The number of anilines is 2. The van der Waals surface area contributed by atoms with Crippen LogP contribution in [0.25, 0.3) is 0 Å². The minimum Gasteiger partial charge on any atom is -0.382 e. The summed E-state index contributed by atoms with van der Waals surface area (Å²) in [6, 6.07) is 19.0. The average Bonchev–Trinajstić information content (AvgIpc) is 2.59. The number of para-hydroxylation sites is 2. The van der Waals surface area contributed by atoms with E-state index in [1.165, 1.54) is 11.3 Å². The largest absolute Gasteiger partial charge is 0.382 e. The van der Waals surface area contributed by atoms with Crippen LogP contribution in [-0.4, -0.2) is 29.9 Å². The van der Waals surface area contributed by atoms with Gasteiger partial charge in [-0.1, -0.05) is 36.4 Å². The van der Waals surface area contributed by atoms with Crippen LogP contribution in [0.1, 0.15) is 25.3 Å². The smallest absolute Gasteiger partial charge is 0.221 e. The third-order valence-corrected chi connectivity index (χ3v) is 4.45. The molecular weight excluding hydrogens is 298 g/mol. The number of benzene rings is 2. The maximum atomic E-state index is 11.3. The van der Waals surface area contributed by atoms with Crippen LogP contribution in [0.3, 0.4) is 0 Å². The fourth-order valence-electron chi connectivity index (χ4n) is 3.22. The van der Waals surface area contributed by atoms with Gasteiger partial charge in [-0.05, 0) is 36.6 Å². The molecule has 1 saturated heterocycles. The molecule has 24 heavy (non-hydrogen) atoms. The van der Waals surface area contributed by atoms with Crippen molar-refractivity contribution in [1.82, 2.24) is 4.90 Å². The van der Waals surface area contributed by atoms with Crippen molar-refractivity contribution in [2.75, 3.05) is 23.7 Å². The molecule has 1 heterocycles. The topological polar surface area (TPSA) is 44.4 Å². The second-order valence-electron chi connectivity index (χ2n) is 6.40. The van der Waals surface area contributed by atoms with Crippen molar-refractivity contribution >= 4 is 17.3 Å². The van der Waals surface area contributed by atoms with Gasteiger partial charge in [0.05, 0.1) is 0 Å². The zero-order valence-electron chi connectivity index (χ0n) is 14.2. The van der Waals surface area contributed by atoms with Gasteiger partial charge in [0.25, 0.3) is 0 Å². The third kappa shape index (κ3) is 4.59. The highest BCUT2D eigenvalue weighted by Gasteiger charge is 2.19. The van der Waals surface area contributed by atoms with Crippen molar-refractivity contribution in [2.45, 2.75) is 32.4 Å². The van der Waals surface area contributed by atoms with Gasteiger partial charge in [-0.3, -0.25) is 9.69 Å². The summed E-state index contributed by atoms with van der Waals surface area (Å²) in [5, 5.41) is 6.55. The molecule has 0 saturated carbocycles. The van der Waals surface area contributed by atoms with Gasteiger partial charge in [0.15, 0.2) is 0 Å². The summed E-state index contributed by atoms with van der Waals surface area (Å²) in [4.78, 5) is 13.8. The Hall–Kier alpha value is -2.33. The average molecular weight is 323 g/mol. The first-order valence-electron chi connectivity index (χ1n) is 8.60. The lowest BCUT2D eigenvalue weighted by atomic mass is 10.0. The quantitative estimate of drug-likeness (QED) is 0.881. The summed E-state index contributed by atoms with van der Waals surface area (Å²) in [5.74, 6) is -0.0202. The van der Waals surface area contributed by atoms with Gasteiger partial charge >= 0.3 is 0 Å². The lowest BCUT2D eigenvalue weighted by molar-refractivity contribution is -0.114. The van der Waals surface area contributed by atoms with E-state index in [1.54, 1.807) is 6.92 Å². The molecule has 0 aromatic heterocycles. The number of piperidine rings is 1. The maximum absolute atomic E-state index is 11.3. The summed E-state index contributed by atoms with van der Waals surface area (Å²) < 4.78 is 0. The van der Waals surface area contributed by atoms with Crippen molar-refractivity contribution in [3.63, 3.8) is 0 Å². The molecule has 0 radical (unpaired) electrons. The van der Waals surface area contributed by atoms with Crippen LogP contribution < -0.4 is 10.6 Å². The molecule has 1 amide bonds. The molecule has 0 spiro atoms. The third-order valence-electron chi connectivity index (χ3n) is 4.45. The van der Waals surface area contributed by atoms with Gasteiger partial charge < -0.3 is 10.6 Å². The molecule has 2 aromatic rings. The molecule has 3 rings (SSSR count). The van der Waals surface area contributed by atoms with Crippen LogP contribution in [0.15, 0.2) is 54.6 Å². The minimum atomic E-state index is -0.0202. The molecule has 0 aliphatic carbocycles. The number of likely N-dealkylation sites (tertiary alicyclic amines) is 1. The highest BCUT2D eigenvalue weighted by molar-refractivity contribution is 5.89. The Morgan fingerprint density at radius 2 is 1.71 bits per heavy atom. The second-order valence-corrected chi connectivity index (χ2v) is 6.40. The number of carbonyl (C=O) groups is 1. The van der Waals surface area contributed by atoms with E-state index < -0.39 is 0 Å². The number of nitrogens with one attached hydrogen (secondary N) is 2. The van der Waals surface area contributed by atoms with Gasteiger partial charge in [-0.15, -0.1) is 0 Å². The van der Waals surface area contributed by atoms with E-state index in [0.717, 1.165) is 38.2 Å². The number of hydrogen-bond acceptors (Lipinski definition) is 3. The Balaban J connectivity index is 1.53. The fourth-order valence-corrected chi connectivity index (χ4v) is 3.22. The summed E-state index contributed by atoms with van der Waals surface area (Å²) in [6.45, 7) is 4.57. The number of carbonyl (C=O) groups excluding carboxylic acids is 1. The molecule has 126 valence electrons. The highest BCUT2D eigenvalue weighted by atomic mass is 16.1. The van der Waals surface area contributed by atoms with E-state index in [2.05, 4.69) is 45.9 Å². The molecule has 2 aromatic carbocycles. The first-order valence-corrected chi connectivity index (χ1v) is 8.60. The van der Waals surface area contributed by atoms with Crippen LogP contribution in [-0.2, 0) is 11.3 Å². The Morgan fingerprint density at radius 1 is 1.04 bits per heavy atom. The SMILES string of the molecule is CC(=O)Nc1ccccc1CN1CCC(Nc2ccccc2)CC1. The lowest BCUT2D eigenvalue weighted by Crippen LogP contribution is -2.38. The van der Waals surface area contributed by atoms with E-state index in [-0.39, 0.29) is 5.91 Å². The van der Waals surface area contributed by atoms with E-state index in [1.807, 2.05) is 24.3 Å².